The maximum Gasteiger partial charge on any atom is 0.253 e. The van der Waals surface area contributed by atoms with Crippen molar-refractivity contribution in [2.24, 2.45) is 0 Å². The van der Waals surface area contributed by atoms with E-state index in [0.717, 1.165) is 12.1 Å². The van der Waals surface area contributed by atoms with Crippen LogP contribution in [-0.2, 0) is 9.59 Å². The molecule has 2 saturated heterocycles. The predicted octanol–water partition coefficient (Wildman–Crippen LogP) is 2.89. The van der Waals surface area contributed by atoms with Crippen molar-refractivity contribution >= 4 is 23.4 Å². The average molecular weight is 479 g/mol. The first-order chi connectivity index (χ1) is 16.9. The lowest BCUT2D eigenvalue weighted by atomic mass is 9.85. The molecule has 0 saturated carbocycles. The molecule has 2 aliphatic heterocycles. The summed E-state index contributed by atoms with van der Waals surface area (Å²) in [7, 11) is 1.58. The fourth-order valence-electron chi connectivity index (χ4n) is 4.94. The summed E-state index contributed by atoms with van der Waals surface area (Å²) >= 11 is 0. The molecule has 0 bridgehead atoms. The van der Waals surface area contributed by atoms with Gasteiger partial charge in [0.2, 0.25) is 5.91 Å². The molecule has 0 aliphatic carbocycles. The van der Waals surface area contributed by atoms with Crippen LogP contribution >= 0.6 is 0 Å². The molecule has 186 valence electrons. The molecule has 1 N–H and O–H groups in total. The van der Waals surface area contributed by atoms with Gasteiger partial charge in [-0.2, -0.15) is 0 Å². The number of nitrogens with one attached hydrogen (secondary N) is 1. The second kappa shape index (κ2) is 10.4. The number of benzene rings is 2. The van der Waals surface area contributed by atoms with Crippen molar-refractivity contribution in [2.45, 2.75) is 44.7 Å². The van der Waals surface area contributed by atoms with Crippen LogP contribution in [0.4, 0.5) is 5.69 Å². The summed E-state index contributed by atoms with van der Waals surface area (Å²) in [5.74, 6) is 0.370. The molecule has 2 aromatic rings. The van der Waals surface area contributed by atoms with Crippen LogP contribution in [-0.4, -0.2) is 72.5 Å². The number of hydrogen-bond acceptors (Lipinski definition) is 5. The third-order valence-electron chi connectivity index (χ3n) is 7.13. The van der Waals surface area contributed by atoms with Crippen LogP contribution in [0.25, 0.3) is 0 Å². The first kappa shape index (κ1) is 24.6. The molecule has 2 heterocycles. The molecule has 2 aliphatic rings. The van der Waals surface area contributed by atoms with Crippen molar-refractivity contribution in [1.29, 1.82) is 0 Å². The van der Waals surface area contributed by atoms with E-state index in [1.807, 2.05) is 50.2 Å². The topological polar surface area (TPSA) is 82.2 Å². The van der Waals surface area contributed by atoms with Gasteiger partial charge in [0.25, 0.3) is 11.8 Å². The minimum absolute atomic E-state index is 0.0285. The van der Waals surface area contributed by atoms with Crippen molar-refractivity contribution in [2.75, 3.05) is 38.3 Å². The Morgan fingerprint density at radius 1 is 1.09 bits per heavy atom. The minimum Gasteiger partial charge on any atom is -0.497 e. The van der Waals surface area contributed by atoms with E-state index in [4.69, 9.17) is 4.74 Å². The SMILES string of the molecule is CCC(C)NC(=O)CN1CN(c2ccccc2)C2(CCN(C(=O)c3cccc(OC)c3)CC2)C1=O. The van der Waals surface area contributed by atoms with Crippen LogP contribution in [0, 0.1) is 0 Å². The number of carbonyl (C=O) groups is 3. The highest BCUT2D eigenvalue weighted by Gasteiger charge is 2.54. The largest absolute Gasteiger partial charge is 0.497 e. The van der Waals surface area contributed by atoms with Gasteiger partial charge in [-0.15, -0.1) is 0 Å². The lowest BCUT2D eigenvalue weighted by Crippen LogP contribution is -2.57. The number of methoxy groups -OCH3 is 1. The van der Waals surface area contributed by atoms with Crippen molar-refractivity contribution in [1.82, 2.24) is 15.1 Å². The van der Waals surface area contributed by atoms with Crippen LogP contribution in [0.1, 0.15) is 43.5 Å². The van der Waals surface area contributed by atoms with Gasteiger partial charge >= 0.3 is 0 Å². The lowest BCUT2D eigenvalue weighted by molar-refractivity contribution is -0.137. The highest BCUT2D eigenvalue weighted by atomic mass is 16.5. The summed E-state index contributed by atoms with van der Waals surface area (Å²) in [4.78, 5) is 45.1. The lowest BCUT2D eigenvalue weighted by Gasteiger charge is -2.43. The Kier molecular flexibility index (Phi) is 7.28. The molecular formula is C27H34N4O4. The van der Waals surface area contributed by atoms with Gasteiger partial charge in [0.1, 0.15) is 17.8 Å². The third kappa shape index (κ3) is 4.97. The average Bonchev–Trinajstić information content (AvgIpc) is 3.15. The van der Waals surface area contributed by atoms with Crippen molar-refractivity contribution < 1.29 is 19.1 Å². The predicted molar refractivity (Wildman–Crippen MR) is 134 cm³/mol. The number of carbonyl (C=O) groups excluding carboxylic acids is 3. The van der Waals surface area contributed by atoms with Gasteiger partial charge in [0.05, 0.1) is 13.8 Å². The summed E-state index contributed by atoms with van der Waals surface area (Å²) in [6.45, 7) is 5.26. The molecule has 8 nitrogen and oxygen atoms in total. The Morgan fingerprint density at radius 3 is 2.46 bits per heavy atom. The molecule has 2 aromatic carbocycles. The summed E-state index contributed by atoms with van der Waals surface area (Å²) in [6, 6.07) is 17.0. The zero-order valence-electron chi connectivity index (χ0n) is 20.7. The van der Waals surface area contributed by atoms with Crippen molar-refractivity contribution in [3.8, 4) is 5.75 Å². The molecule has 3 amide bonds. The number of nitrogens with zero attached hydrogens (tertiary/aromatic N) is 3. The van der Waals surface area contributed by atoms with Crippen LogP contribution in [0.15, 0.2) is 54.6 Å². The van der Waals surface area contributed by atoms with Crippen LogP contribution in [0.5, 0.6) is 5.75 Å². The van der Waals surface area contributed by atoms with E-state index in [2.05, 4.69) is 10.2 Å². The van der Waals surface area contributed by atoms with Crippen LogP contribution in [0.2, 0.25) is 0 Å². The first-order valence-corrected chi connectivity index (χ1v) is 12.2. The number of rotatable bonds is 7. The van der Waals surface area contributed by atoms with Gasteiger partial charge in [0, 0.05) is 30.4 Å². The molecule has 1 unspecified atom stereocenters. The van der Waals surface area contributed by atoms with E-state index in [-0.39, 0.29) is 30.3 Å². The number of hydrogen-bond donors (Lipinski definition) is 1. The third-order valence-corrected chi connectivity index (χ3v) is 7.13. The second-order valence-corrected chi connectivity index (χ2v) is 9.34. The van der Waals surface area contributed by atoms with E-state index in [0.29, 0.717) is 43.9 Å². The maximum absolute atomic E-state index is 13.8. The molecule has 0 radical (unpaired) electrons. The summed E-state index contributed by atoms with van der Waals surface area (Å²) in [5.41, 5.74) is 0.739. The molecule has 0 aromatic heterocycles. The fraction of sp³-hybridized carbons (Fsp3) is 0.444. The molecule has 8 heteroatoms. The number of para-hydroxylation sites is 1. The summed E-state index contributed by atoms with van der Waals surface area (Å²) < 4.78 is 5.26. The number of ether oxygens (including phenoxy) is 1. The van der Waals surface area contributed by atoms with Gasteiger partial charge in [-0.3, -0.25) is 14.4 Å². The first-order valence-electron chi connectivity index (χ1n) is 12.2. The molecule has 1 spiro atoms. The van der Waals surface area contributed by atoms with E-state index in [9.17, 15) is 14.4 Å². The highest BCUT2D eigenvalue weighted by molar-refractivity contribution is 5.98. The van der Waals surface area contributed by atoms with Crippen molar-refractivity contribution in [3.05, 3.63) is 60.2 Å². The van der Waals surface area contributed by atoms with Gasteiger partial charge in [-0.25, -0.2) is 0 Å². The Labute approximate surface area is 206 Å². The highest BCUT2D eigenvalue weighted by Crippen LogP contribution is 2.39. The van der Waals surface area contributed by atoms with Crippen molar-refractivity contribution in [3.63, 3.8) is 0 Å². The monoisotopic (exact) mass is 478 g/mol. The van der Waals surface area contributed by atoms with Gasteiger partial charge in [-0.1, -0.05) is 31.2 Å². The van der Waals surface area contributed by atoms with E-state index in [1.165, 1.54) is 0 Å². The van der Waals surface area contributed by atoms with Gasteiger partial charge in [-0.05, 0) is 56.5 Å². The maximum atomic E-state index is 13.8. The van der Waals surface area contributed by atoms with Crippen LogP contribution < -0.4 is 15.0 Å². The quantitative estimate of drug-likeness (QED) is 0.662. The number of amides is 3. The smallest absolute Gasteiger partial charge is 0.253 e. The Morgan fingerprint density at radius 2 is 1.80 bits per heavy atom. The normalized spacial score (nSPS) is 18.0. The minimum atomic E-state index is -0.775. The second-order valence-electron chi connectivity index (χ2n) is 9.34. The van der Waals surface area contributed by atoms with E-state index < -0.39 is 5.54 Å². The van der Waals surface area contributed by atoms with E-state index in [1.54, 1.807) is 35.1 Å². The number of piperidine rings is 1. The standard InChI is InChI=1S/C27H34N4O4/c1-4-20(2)28-24(32)18-30-19-31(22-10-6-5-7-11-22)27(26(30)34)13-15-29(16-14-27)25(33)21-9-8-12-23(17-21)35-3/h5-12,17,20H,4,13-16,18-19H2,1-3H3,(H,28,32). The molecule has 2 fully saturated rings. The molecule has 35 heavy (non-hydrogen) atoms. The Balaban J connectivity index is 1.53. The van der Waals surface area contributed by atoms with Gasteiger partial charge < -0.3 is 24.8 Å². The zero-order valence-corrected chi connectivity index (χ0v) is 20.7. The summed E-state index contributed by atoms with van der Waals surface area (Å²) in [6.07, 6.45) is 1.83. The number of likely N-dealkylation sites (tertiary alicyclic amines) is 1. The molecular weight excluding hydrogens is 444 g/mol. The fourth-order valence-corrected chi connectivity index (χ4v) is 4.94. The van der Waals surface area contributed by atoms with Gasteiger partial charge in [0.15, 0.2) is 0 Å². The zero-order chi connectivity index (χ0) is 25.0. The van der Waals surface area contributed by atoms with E-state index >= 15 is 0 Å². The molecule has 1 atom stereocenters. The Hall–Kier alpha value is -3.55. The van der Waals surface area contributed by atoms with Crippen LogP contribution in [0.3, 0.4) is 0 Å². The number of anilines is 1. The summed E-state index contributed by atoms with van der Waals surface area (Å²) in [5, 5.41) is 2.96. The Bertz CT molecular complexity index is 1070. The molecule has 4 rings (SSSR count).